The summed E-state index contributed by atoms with van der Waals surface area (Å²) in [6, 6.07) is 7.48. The second-order valence-corrected chi connectivity index (χ2v) is 5.00. The number of halogens is 1. The highest BCUT2D eigenvalue weighted by Crippen LogP contribution is 2.12. The van der Waals surface area contributed by atoms with Crippen LogP contribution in [0.4, 0.5) is 4.39 Å². The van der Waals surface area contributed by atoms with E-state index in [0.29, 0.717) is 29.2 Å². The average molecular weight is 310 g/mol. The maximum absolute atomic E-state index is 13.4. The third-order valence-corrected chi connectivity index (χ3v) is 3.55. The zero-order valence-corrected chi connectivity index (χ0v) is 12.1. The Morgan fingerprint density at radius 2 is 2.09 bits per heavy atom. The van der Waals surface area contributed by atoms with Crippen LogP contribution < -0.4 is 5.56 Å². The van der Waals surface area contributed by atoms with Gasteiger partial charge in [0.1, 0.15) is 11.3 Å². The van der Waals surface area contributed by atoms with Gasteiger partial charge < -0.3 is 0 Å². The zero-order valence-electron chi connectivity index (χ0n) is 12.1. The number of aromatic nitrogens is 6. The van der Waals surface area contributed by atoms with Gasteiger partial charge in [0.05, 0.1) is 5.69 Å². The van der Waals surface area contributed by atoms with Gasteiger partial charge in [-0.05, 0) is 24.3 Å². The Morgan fingerprint density at radius 3 is 2.87 bits per heavy atom. The first-order chi connectivity index (χ1) is 11.2. The van der Waals surface area contributed by atoms with Gasteiger partial charge in [-0.3, -0.25) is 9.36 Å². The van der Waals surface area contributed by atoms with Crippen LogP contribution in [-0.4, -0.2) is 29.4 Å². The van der Waals surface area contributed by atoms with Gasteiger partial charge in [-0.2, -0.15) is 9.50 Å². The van der Waals surface area contributed by atoms with Crippen LogP contribution in [0.25, 0.3) is 22.5 Å². The Labute approximate surface area is 129 Å². The molecule has 0 spiro atoms. The first kappa shape index (κ1) is 13.5. The van der Waals surface area contributed by atoms with Gasteiger partial charge in [0, 0.05) is 12.6 Å². The number of rotatable bonds is 2. The molecule has 4 aromatic rings. The summed E-state index contributed by atoms with van der Waals surface area (Å²) < 4.78 is 16.2. The molecule has 8 heteroatoms. The van der Waals surface area contributed by atoms with Crippen LogP contribution in [0.3, 0.4) is 0 Å². The van der Waals surface area contributed by atoms with Crippen LogP contribution in [0.1, 0.15) is 12.7 Å². The highest BCUT2D eigenvalue weighted by atomic mass is 19.1. The Bertz CT molecular complexity index is 1100. The van der Waals surface area contributed by atoms with E-state index in [0.717, 1.165) is 0 Å². The molecule has 0 atom stereocenters. The van der Waals surface area contributed by atoms with Crippen LogP contribution in [0.15, 0.2) is 41.3 Å². The molecule has 0 N–H and O–H groups in total. The number of nitrogens with zero attached hydrogens (tertiary/aromatic N) is 6. The van der Waals surface area contributed by atoms with E-state index in [4.69, 9.17) is 0 Å². The summed E-state index contributed by atoms with van der Waals surface area (Å²) in [5.74, 6) is 0.554. The molecule has 0 fully saturated rings. The summed E-state index contributed by atoms with van der Waals surface area (Å²) in [7, 11) is 0. The SMILES string of the molecule is CCc1nc2nnc3c(=O)n(-c4cccc(F)c4)ccc3n2n1. The van der Waals surface area contributed by atoms with Crippen LogP contribution in [0.2, 0.25) is 0 Å². The van der Waals surface area contributed by atoms with Crippen molar-refractivity contribution in [1.82, 2.24) is 29.4 Å². The first-order valence-corrected chi connectivity index (χ1v) is 7.07. The van der Waals surface area contributed by atoms with E-state index < -0.39 is 11.4 Å². The van der Waals surface area contributed by atoms with Gasteiger partial charge in [-0.25, -0.2) is 4.39 Å². The number of hydrogen-bond donors (Lipinski definition) is 0. The topological polar surface area (TPSA) is 78.0 Å². The summed E-state index contributed by atoms with van der Waals surface area (Å²) >= 11 is 0. The lowest BCUT2D eigenvalue weighted by atomic mass is 10.3. The number of fused-ring (bicyclic) bond motifs is 3. The van der Waals surface area contributed by atoms with Gasteiger partial charge in [-0.15, -0.1) is 15.3 Å². The maximum Gasteiger partial charge on any atom is 0.285 e. The van der Waals surface area contributed by atoms with E-state index in [-0.39, 0.29) is 5.52 Å². The molecule has 0 aliphatic carbocycles. The van der Waals surface area contributed by atoms with E-state index >= 15 is 0 Å². The van der Waals surface area contributed by atoms with Crippen molar-refractivity contribution in [2.45, 2.75) is 13.3 Å². The minimum Gasteiger partial charge on any atom is -0.282 e. The number of aryl methyl sites for hydroxylation is 1. The van der Waals surface area contributed by atoms with Gasteiger partial charge >= 0.3 is 0 Å². The monoisotopic (exact) mass is 310 g/mol. The normalized spacial score (nSPS) is 11.4. The molecule has 0 aliphatic heterocycles. The Morgan fingerprint density at radius 1 is 1.22 bits per heavy atom. The van der Waals surface area contributed by atoms with Gasteiger partial charge in [-0.1, -0.05) is 13.0 Å². The summed E-state index contributed by atoms with van der Waals surface area (Å²) in [5.41, 5.74) is 0.694. The maximum atomic E-state index is 13.4. The summed E-state index contributed by atoms with van der Waals surface area (Å²) in [4.78, 5) is 16.9. The van der Waals surface area contributed by atoms with Crippen LogP contribution >= 0.6 is 0 Å². The molecule has 0 saturated carbocycles. The van der Waals surface area contributed by atoms with Crippen molar-refractivity contribution in [3.05, 3.63) is 58.5 Å². The molecular weight excluding hydrogens is 299 g/mol. The lowest BCUT2D eigenvalue weighted by Crippen LogP contribution is -2.20. The Hall–Kier alpha value is -3.16. The predicted octanol–water partition coefficient (Wildman–Crippen LogP) is 1.52. The van der Waals surface area contributed by atoms with Crippen molar-refractivity contribution in [2.75, 3.05) is 0 Å². The van der Waals surface area contributed by atoms with Crippen LogP contribution in [0, 0.1) is 5.82 Å². The molecule has 7 nitrogen and oxygen atoms in total. The largest absolute Gasteiger partial charge is 0.285 e. The molecule has 3 aromatic heterocycles. The third-order valence-electron chi connectivity index (χ3n) is 3.55. The lowest BCUT2D eigenvalue weighted by Gasteiger charge is -2.06. The summed E-state index contributed by atoms with van der Waals surface area (Å²) in [5, 5.41) is 12.2. The summed E-state index contributed by atoms with van der Waals surface area (Å²) in [6.07, 6.45) is 2.22. The first-order valence-electron chi connectivity index (χ1n) is 7.07. The van der Waals surface area contributed by atoms with E-state index in [1.807, 2.05) is 6.92 Å². The molecule has 0 radical (unpaired) electrons. The number of benzene rings is 1. The predicted molar refractivity (Wildman–Crippen MR) is 81.0 cm³/mol. The molecule has 0 amide bonds. The molecule has 0 unspecified atom stereocenters. The van der Waals surface area contributed by atoms with E-state index in [2.05, 4.69) is 20.3 Å². The van der Waals surface area contributed by atoms with Crippen LogP contribution in [0.5, 0.6) is 0 Å². The highest BCUT2D eigenvalue weighted by molar-refractivity contribution is 5.74. The zero-order chi connectivity index (χ0) is 16.0. The average Bonchev–Trinajstić information content (AvgIpc) is 2.99. The van der Waals surface area contributed by atoms with Crippen molar-refractivity contribution in [3.63, 3.8) is 0 Å². The quantitative estimate of drug-likeness (QED) is 0.561. The molecule has 23 heavy (non-hydrogen) atoms. The molecular formula is C15H11FN6O. The van der Waals surface area contributed by atoms with Crippen molar-refractivity contribution in [1.29, 1.82) is 0 Å². The van der Waals surface area contributed by atoms with E-state index in [1.54, 1.807) is 24.4 Å². The van der Waals surface area contributed by atoms with Gasteiger partial charge in [0.25, 0.3) is 11.3 Å². The lowest BCUT2D eigenvalue weighted by molar-refractivity contribution is 0.626. The molecule has 0 bridgehead atoms. The highest BCUT2D eigenvalue weighted by Gasteiger charge is 2.13. The number of hydrogen-bond acceptors (Lipinski definition) is 5. The minimum atomic E-state index is -0.417. The fourth-order valence-electron chi connectivity index (χ4n) is 2.43. The van der Waals surface area contributed by atoms with E-state index in [9.17, 15) is 9.18 Å². The van der Waals surface area contributed by atoms with Crippen molar-refractivity contribution in [3.8, 4) is 5.69 Å². The molecule has 1 aromatic carbocycles. The Kier molecular flexibility index (Phi) is 2.90. The second-order valence-electron chi connectivity index (χ2n) is 5.00. The van der Waals surface area contributed by atoms with Gasteiger partial charge in [0.2, 0.25) is 0 Å². The Balaban J connectivity index is 2.02. The minimum absolute atomic E-state index is 0.150. The van der Waals surface area contributed by atoms with Gasteiger partial charge in [0.15, 0.2) is 11.3 Å². The second kappa shape index (κ2) is 4.94. The molecule has 0 saturated heterocycles. The summed E-state index contributed by atoms with van der Waals surface area (Å²) in [6.45, 7) is 1.93. The van der Waals surface area contributed by atoms with Crippen molar-refractivity contribution in [2.24, 2.45) is 0 Å². The fourth-order valence-corrected chi connectivity index (χ4v) is 2.43. The third kappa shape index (κ3) is 2.07. The molecule has 3 heterocycles. The standard InChI is InChI=1S/C15H11FN6O/c1-2-12-17-15-19-18-13-11(22(15)20-12)6-7-21(14(13)23)10-5-3-4-9(16)8-10/h3-8H,2H2,1H3. The molecule has 114 valence electrons. The smallest absolute Gasteiger partial charge is 0.282 e. The van der Waals surface area contributed by atoms with Crippen molar-refractivity contribution >= 4 is 16.8 Å². The molecule has 0 aliphatic rings. The molecule has 4 rings (SSSR count). The van der Waals surface area contributed by atoms with Crippen LogP contribution in [-0.2, 0) is 6.42 Å². The van der Waals surface area contributed by atoms with Crippen molar-refractivity contribution < 1.29 is 4.39 Å². The fraction of sp³-hybridized carbons (Fsp3) is 0.133. The number of pyridine rings is 1. The van der Waals surface area contributed by atoms with E-state index in [1.165, 1.54) is 21.2 Å².